The topological polar surface area (TPSA) is 80.4 Å². The van der Waals surface area contributed by atoms with Crippen LogP contribution in [0.15, 0.2) is 53.4 Å². The van der Waals surface area contributed by atoms with Crippen LogP contribution in [0.3, 0.4) is 0 Å². The summed E-state index contributed by atoms with van der Waals surface area (Å²) >= 11 is 0. The van der Waals surface area contributed by atoms with E-state index in [0.717, 1.165) is 38.5 Å². The van der Waals surface area contributed by atoms with E-state index in [4.69, 9.17) is 10.8 Å². The number of aliphatic hydroxyl groups is 1. The maximum Gasteiger partial charge on any atom is 0.178 e. The third-order valence-corrected chi connectivity index (χ3v) is 7.74. The molecule has 28 heavy (non-hydrogen) atoms. The number of rotatable bonds is 9. The smallest absolute Gasteiger partial charge is 0.178 e. The third kappa shape index (κ3) is 5.22. The molecule has 152 valence electrons. The standard InChI is InChI=1S/C23H31NO3S/c24-16-22(6-4-5-13-25)21-12-11-19-14-18(9-10-20(19)15-21)17-28(26,27)23-7-2-1-3-8-23/h1-3,7-8,11-12,15,18,22,25H,4-6,9-10,13-14,16-17,24H2/t18-,22-/m0/s1. The molecule has 1 aliphatic carbocycles. The molecule has 0 aliphatic heterocycles. The molecule has 0 heterocycles. The van der Waals surface area contributed by atoms with E-state index in [1.165, 1.54) is 16.7 Å². The van der Waals surface area contributed by atoms with Gasteiger partial charge in [-0.1, -0.05) is 42.8 Å². The molecule has 5 heteroatoms. The van der Waals surface area contributed by atoms with Crippen LogP contribution in [0.4, 0.5) is 0 Å². The molecule has 1 aliphatic rings. The van der Waals surface area contributed by atoms with Crippen molar-refractivity contribution in [3.63, 3.8) is 0 Å². The van der Waals surface area contributed by atoms with Gasteiger partial charge in [-0.05, 0) is 79.3 Å². The number of aliphatic hydroxyl groups excluding tert-OH is 1. The van der Waals surface area contributed by atoms with Crippen LogP contribution in [-0.2, 0) is 22.7 Å². The van der Waals surface area contributed by atoms with Crippen molar-refractivity contribution < 1.29 is 13.5 Å². The second-order valence-electron chi connectivity index (χ2n) is 7.88. The van der Waals surface area contributed by atoms with Crippen LogP contribution in [0.1, 0.15) is 48.3 Å². The fourth-order valence-electron chi connectivity index (χ4n) is 4.20. The van der Waals surface area contributed by atoms with Crippen LogP contribution in [0.2, 0.25) is 0 Å². The minimum absolute atomic E-state index is 0.165. The molecule has 0 amide bonds. The Morgan fingerprint density at radius 1 is 1.07 bits per heavy atom. The highest BCUT2D eigenvalue weighted by Crippen LogP contribution is 2.31. The van der Waals surface area contributed by atoms with E-state index in [9.17, 15) is 8.42 Å². The number of nitrogens with two attached hydrogens (primary N) is 1. The monoisotopic (exact) mass is 401 g/mol. The van der Waals surface area contributed by atoms with Gasteiger partial charge in [0.15, 0.2) is 9.84 Å². The highest BCUT2D eigenvalue weighted by molar-refractivity contribution is 7.91. The average Bonchev–Trinajstić information content (AvgIpc) is 2.71. The van der Waals surface area contributed by atoms with Gasteiger partial charge in [-0.15, -0.1) is 0 Å². The van der Waals surface area contributed by atoms with Gasteiger partial charge in [0.05, 0.1) is 10.6 Å². The Labute approximate surface area is 168 Å². The predicted octanol–water partition coefficient (Wildman–Crippen LogP) is 3.47. The second-order valence-corrected chi connectivity index (χ2v) is 9.92. The molecule has 0 bridgehead atoms. The first-order valence-electron chi connectivity index (χ1n) is 10.2. The zero-order chi connectivity index (χ0) is 20.0. The summed E-state index contributed by atoms with van der Waals surface area (Å²) in [7, 11) is -3.24. The molecule has 0 unspecified atom stereocenters. The van der Waals surface area contributed by atoms with Crippen molar-refractivity contribution >= 4 is 9.84 Å². The summed E-state index contributed by atoms with van der Waals surface area (Å²) in [5.74, 6) is 0.705. The SMILES string of the molecule is NC[C@H](CCCCO)c1ccc2c(c1)CC[C@H](CS(=O)(=O)c1ccccc1)C2. The van der Waals surface area contributed by atoms with Gasteiger partial charge < -0.3 is 10.8 Å². The van der Waals surface area contributed by atoms with Crippen LogP contribution < -0.4 is 5.73 Å². The Bertz CT molecular complexity index is 865. The van der Waals surface area contributed by atoms with Gasteiger partial charge in [-0.2, -0.15) is 0 Å². The fourth-order valence-corrected chi connectivity index (χ4v) is 5.87. The molecule has 0 saturated carbocycles. The molecule has 2 aromatic rings. The van der Waals surface area contributed by atoms with Crippen molar-refractivity contribution in [3.05, 3.63) is 65.2 Å². The van der Waals surface area contributed by atoms with Gasteiger partial charge in [-0.3, -0.25) is 0 Å². The third-order valence-electron chi connectivity index (χ3n) is 5.83. The zero-order valence-electron chi connectivity index (χ0n) is 16.4. The number of benzene rings is 2. The zero-order valence-corrected chi connectivity index (χ0v) is 17.2. The Hall–Kier alpha value is -1.69. The molecular formula is C23H31NO3S. The maximum absolute atomic E-state index is 12.7. The largest absolute Gasteiger partial charge is 0.396 e. The van der Waals surface area contributed by atoms with Crippen LogP contribution in [0, 0.1) is 5.92 Å². The van der Waals surface area contributed by atoms with Gasteiger partial charge in [0, 0.05) is 6.61 Å². The maximum atomic E-state index is 12.7. The van der Waals surface area contributed by atoms with Crippen molar-refractivity contribution in [2.24, 2.45) is 11.7 Å². The summed E-state index contributed by atoms with van der Waals surface area (Å²) in [6.45, 7) is 0.844. The summed E-state index contributed by atoms with van der Waals surface area (Å²) < 4.78 is 25.4. The van der Waals surface area contributed by atoms with E-state index in [2.05, 4.69) is 18.2 Å². The first-order valence-corrected chi connectivity index (χ1v) is 11.9. The van der Waals surface area contributed by atoms with Crippen LogP contribution in [0.5, 0.6) is 0 Å². The first kappa shape index (κ1) is 21.0. The summed E-state index contributed by atoms with van der Waals surface area (Å²) in [4.78, 5) is 0.421. The Morgan fingerprint density at radius 3 is 2.57 bits per heavy atom. The number of hydrogen-bond donors (Lipinski definition) is 2. The average molecular weight is 402 g/mol. The Balaban J connectivity index is 1.67. The highest BCUT2D eigenvalue weighted by Gasteiger charge is 2.26. The van der Waals surface area contributed by atoms with Crippen molar-refractivity contribution in [2.75, 3.05) is 18.9 Å². The molecule has 0 aromatic heterocycles. The lowest BCUT2D eigenvalue weighted by molar-refractivity contribution is 0.281. The molecule has 3 rings (SSSR count). The molecule has 4 nitrogen and oxygen atoms in total. The van der Waals surface area contributed by atoms with Gasteiger partial charge >= 0.3 is 0 Å². The summed E-state index contributed by atoms with van der Waals surface area (Å²) in [6, 6.07) is 15.4. The van der Waals surface area contributed by atoms with E-state index in [-0.39, 0.29) is 18.3 Å². The first-order chi connectivity index (χ1) is 13.5. The Morgan fingerprint density at radius 2 is 1.86 bits per heavy atom. The fraction of sp³-hybridized carbons (Fsp3) is 0.478. The van der Waals surface area contributed by atoms with Crippen molar-refractivity contribution in [3.8, 4) is 0 Å². The van der Waals surface area contributed by atoms with E-state index in [1.807, 2.05) is 6.07 Å². The van der Waals surface area contributed by atoms with Crippen molar-refractivity contribution in [1.82, 2.24) is 0 Å². The van der Waals surface area contributed by atoms with Gasteiger partial charge in [0.25, 0.3) is 0 Å². The van der Waals surface area contributed by atoms with Crippen molar-refractivity contribution in [1.29, 1.82) is 0 Å². The highest BCUT2D eigenvalue weighted by atomic mass is 32.2. The lowest BCUT2D eigenvalue weighted by atomic mass is 9.82. The van der Waals surface area contributed by atoms with Gasteiger partial charge in [0.1, 0.15) is 0 Å². The number of sulfone groups is 1. The summed E-state index contributed by atoms with van der Waals surface area (Å²) in [5.41, 5.74) is 9.87. The Kier molecular flexibility index (Phi) is 7.27. The minimum Gasteiger partial charge on any atom is -0.396 e. The quantitative estimate of drug-likeness (QED) is 0.631. The van der Waals surface area contributed by atoms with E-state index in [0.29, 0.717) is 17.4 Å². The van der Waals surface area contributed by atoms with E-state index >= 15 is 0 Å². The molecule has 0 saturated heterocycles. The van der Waals surface area contributed by atoms with Gasteiger partial charge in [0.2, 0.25) is 0 Å². The summed E-state index contributed by atoms with van der Waals surface area (Å²) in [6.07, 6.45) is 5.44. The van der Waals surface area contributed by atoms with Crippen LogP contribution >= 0.6 is 0 Å². The van der Waals surface area contributed by atoms with E-state index in [1.54, 1.807) is 24.3 Å². The molecule has 3 N–H and O–H groups in total. The molecule has 2 aromatic carbocycles. The van der Waals surface area contributed by atoms with Crippen LogP contribution in [0.25, 0.3) is 0 Å². The molecule has 0 fully saturated rings. The second kappa shape index (κ2) is 9.68. The number of aryl methyl sites for hydroxylation is 1. The predicted molar refractivity (Wildman–Crippen MR) is 113 cm³/mol. The minimum atomic E-state index is -3.24. The van der Waals surface area contributed by atoms with Crippen molar-refractivity contribution in [2.45, 2.75) is 49.3 Å². The van der Waals surface area contributed by atoms with Gasteiger partial charge in [-0.25, -0.2) is 8.42 Å². The molecule has 0 spiro atoms. The normalized spacial score (nSPS) is 17.9. The lowest BCUT2D eigenvalue weighted by Gasteiger charge is -2.26. The summed E-state index contributed by atoms with van der Waals surface area (Å²) in [5, 5.41) is 8.98. The molecular weight excluding hydrogens is 370 g/mol. The lowest BCUT2D eigenvalue weighted by Crippen LogP contribution is -2.23. The van der Waals surface area contributed by atoms with Crippen LogP contribution in [-0.4, -0.2) is 32.4 Å². The van der Waals surface area contributed by atoms with E-state index < -0.39 is 9.84 Å². The molecule has 0 radical (unpaired) electrons. The number of fused-ring (bicyclic) bond motifs is 1. The number of hydrogen-bond acceptors (Lipinski definition) is 4. The molecule has 2 atom stereocenters. The number of unbranched alkanes of at least 4 members (excludes halogenated alkanes) is 1.